The van der Waals surface area contributed by atoms with Crippen LogP contribution in [0.15, 0.2) is 53.4 Å². The van der Waals surface area contributed by atoms with Gasteiger partial charge in [0, 0.05) is 11.1 Å². The number of hydrogen-bond donors (Lipinski definition) is 1. The third-order valence-electron chi connectivity index (χ3n) is 3.86. The van der Waals surface area contributed by atoms with E-state index in [2.05, 4.69) is 16.6 Å². The summed E-state index contributed by atoms with van der Waals surface area (Å²) in [5.41, 5.74) is -0.558. The lowest BCUT2D eigenvalue weighted by molar-refractivity contribution is -0.148. The Kier molecular flexibility index (Phi) is 4.52. The van der Waals surface area contributed by atoms with Gasteiger partial charge in [0.1, 0.15) is 0 Å². The smallest absolute Gasteiger partial charge is 0.344 e. The van der Waals surface area contributed by atoms with Gasteiger partial charge in [0.15, 0.2) is 0 Å². The van der Waals surface area contributed by atoms with Crippen LogP contribution in [0.3, 0.4) is 0 Å². The number of nitrogens with zero attached hydrogens (tertiary/aromatic N) is 1. The molecule has 1 aliphatic heterocycles. The van der Waals surface area contributed by atoms with E-state index in [1.807, 2.05) is 6.07 Å². The van der Waals surface area contributed by atoms with Crippen LogP contribution in [0.1, 0.15) is 23.6 Å². The fraction of sp³-hybridized carbons (Fsp3) is 0.158. The van der Waals surface area contributed by atoms with Crippen molar-refractivity contribution in [3.8, 4) is 17.9 Å². The molecule has 3 rings (SSSR count). The van der Waals surface area contributed by atoms with E-state index in [4.69, 9.17) is 10.00 Å². The summed E-state index contributed by atoms with van der Waals surface area (Å²) in [6.07, 6.45) is 0. The molecule has 0 amide bonds. The molecule has 1 N–H and O–H groups in total. The second-order valence-electron chi connectivity index (χ2n) is 5.51. The number of carbonyl (C=O) groups excluding carboxylic acids is 1. The van der Waals surface area contributed by atoms with Crippen molar-refractivity contribution < 1.29 is 17.9 Å². The van der Waals surface area contributed by atoms with E-state index in [0.29, 0.717) is 11.1 Å². The molecule has 6 nitrogen and oxygen atoms in total. The van der Waals surface area contributed by atoms with Crippen molar-refractivity contribution in [2.75, 3.05) is 6.61 Å². The topological polar surface area (TPSA) is 96.3 Å². The molecule has 1 aliphatic rings. The minimum atomic E-state index is -3.89. The molecule has 26 heavy (non-hydrogen) atoms. The van der Waals surface area contributed by atoms with Gasteiger partial charge in [-0.3, -0.25) is 0 Å². The average Bonchev–Trinajstić information content (AvgIpc) is 2.89. The van der Waals surface area contributed by atoms with E-state index in [1.165, 1.54) is 12.1 Å². The van der Waals surface area contributed by atoms with Gasteiger partial charge in [-0.05, 0) is 37.3 Å². The van der Waals surface area contributed by atoms with Crippen LogP contribution in [0.5, 0.6) is 0 Å². The highest BCUT2D eigenvalue weighted by molar-refractivity contribution is 7.90. The number of ether oxygens (including phenoxy) is 1. The van der Waals surface area contributed by atoms with Crippen LogP contribution in [0.25, 0.3) is 0 Å². The zero-order valence-corrected chi connectivity index (χ0v) is 14.6. The van der Waals surface area contributed by atoms with Crippen molar-refractivity contribution in [3.05, 3.63) is 65.2 Å². The molecule has 1 atom stereocenters. The predicted molar refractivity (Wildman–Crippen MR) is 93.1 cm³/mol. The highest BCUT2D eigenvalue weighted by Gasteiger charge is 2.52. The highest BCUT2D eigenvalue weighted by atomic mass is 32.2. The summed E-state index contributed by atoms with van der Waals surface area (Å²) in [4.78, 5) is 12.6. The van der Waals surface area contributed by atoms with Gasteiger partial charge < -0.3 is 4.74 Å². The monoisotopic (exact) mass is 366 g/mol. The molecule has 0 saturated heterocycles. The van der Waals surface area contributed by atoms with Gasteiger partial charge >= 0.3 is 5.97 Å². The summed E-state index contributed by atoms with van der Waals surface area (Å²) in [6.45, 7) is 1.72. The van der Waals surface area contributed by atoms with Crippen molar-refractivity contribution in [3.63, 3.8) is 0 Å². The van der Waals surface area contributed by atoms with Gasteiger partial charge in [-0.25, -0.2) is 13.2 Å². The number of carbonyl (C=O) groups is 1. The molecule has 0 unspecified atom stereocenters. The minimum absolute atomic E-state index is 0.00202. The summed E-state index contributed by atoms with van der Waals surface area (Å²) in [6, 6.07) is 14.6. The Bertz CT molecular complexity index is 1070. The second kappa shape index (κ2) is 6.64. The lowest BCUT2D eigenvalue weighted by Crippen LogP contribution is -2.46. The lowest BCUT2D eigenvalue weighted by Gasteiger charge is -2.20. The van der Waals surface area contributed by atoms with Crippen LogP contribution in [0.4, 0.5) is 0 Å². The van der Waals surface area contributed by atoms with Gasteiger partial charge in [-0.15, -0.1) is 0 Å². The number of benzene rings is 2. The Morgan fingerprint density at radius 2 is 1.81 bits per heavy atom. The number of nitriles is 1. The molecular formula is C19H14N2O4S. The fourth-order valence-electron chi connectivity index (χ4n) is 2.65. The van der Waals surface area contributed by atoms with Gasteiger partial charge in [0.05, 0.1) is 23.1 Å². The molecule has 130 valence electrons. The first-order valence-electron chi connectivity index (χ1n) is 7.77. The van der Waals surface area contributed by atoms with Crippen molar-refractivity contribution in [2.45, 2.75) is 17.4 Å². The summed E-state index contributed by atoms with van der Waals surface area (Å²) < 4.78 is 32.4. The average molecular weight is 366 g/mol. The minimum Gasteiger partial charge on any atom is -0.464 e. The Morgan fingerprint density at radius 1 is 1.15 bits per heavy atom. The first kappa shape index (κ1) is 17.7. The summed E-state index contributed by atoms with van der Waals surface area (Å²) in [5, 5.41) is 8.85. The molecule has 0 bridgehead atoms. The van der Waals surface area contributed by atoms with Crippen LogP contribution in [0.2, 0.25) is 0 Å². The molecule has 0 spiro atoms. The van der Waals surface area contributed by atoms with E-state index in [9.17, 15) is 13.2 Å². The van der Waals surface area contributed by atoms with Gasteiger partial charge in [-0.1, -0.05) is 30.0 Å². The molecule has 1 heterocycles. The Labute approximate surface area is 151 Å². The highest BCUT2D eigenvalue weighted by Crippen LogP contribution is 2.36. The van der Waals surface area contributed by atoms with E-state index >= 15 is 0 Å². The van der Waals surface area contributed by atoms with Gasteiger partial charge in [0.2, 0.25) is 15.6 Å². The molecule has 0 aromatic heterocycles. The molecule has 2 aromatic carbocycles. The van der Waals surface area contributed by atoms with E-state index < -0.39 is 21.5 Å². The maximum absolute atomic E-state index is 12.6. The Balaban J connectivity index is 2.16. The molecule has 0 radical (unpaired) electrons. The van der Waals surface area contributed by atoms with E-state index in [1.54, 1.807) is 43.3 Å². The Morgan fingerprint density at radius 3 is 2.46 bits per heavy atom. The number of esters is 1. The number of nitrogens with one attached hydrogen (secondary N) is 1. The summed E-state index contributed by atoms with van der Waals surface area (Å²) in [5.74, 6) is 4.77. The zero-order valence-electron chi connectivity index (χ0n) is 13.8. The van der Waals surface area contributed by atoms with Crippen molar-refractivity contribution >= 4 is 16.0 Å². The SMILES string of the molecule is CCOC(=O)[C@]1(C#Cc2ccc(C#N)cc2)NS(=O)(=O)c2ccccc21. The summed E-state index contributed by atoms with van der Waals surface area (Å²) in [7, 11) is -3.89. The fourth-order valence-corrected chi connectivity index (χ4v) is 4.18. The number of fused-ring (bicyclic) bond motifs is 1. The van der Waals surface area contributed by atoms with E-state index in [-0.39, 0.29) is 17.1 Å². The summed E-state index contributed by atoms with van der Waals surface area (Å²) >= 11 is 0. The van der Waals surface area contributed by atoms with Crippen molar-refractivity contribution in [1.29, 1.82) is 5.26 Å². The molecule has 0 aliphatic carbocycles. The van der Waals surface area contributed by atoms with Gasteiger partial charge in [-0.2, -0.15) is 9.98 Å². The van der Waals surface area contributed by atoms with Crippen LogP contribution in [-0.2, 0) is 25.1 Å². The second-order valence-corrected chi connectivity index (χ2v) is 7.16. The third kappa shape index (κ3) is 2.95. The first-order chi connectivity index (χ1) is 12.4. The standard InChI is InChI=1S/C19H14N2O4S/c1-2-25-18(22)19(12-11-14-7-9-15(13-20)10-8-14)16-5-3-4-6-17(16)26(23,24)21-19/h3-10,21H,2H2,1H3/t19-/m1/s1. The van der Waals surface area contributed by atoms with Crippen LogP contribution >= 0.6 is 0 Å². The lowest BCUT2D eigenvalue weighted by atomic mass is 9.91. The number of sulfonamides is 1. The molecule has 2 aromatic rings. The maximum Gasteiger partial charge on any atom is 0.344 e. The third-order valence-corrected chi connectivity index (χ3v) is 5.37. The van der Waals surface area contributed by atoms with Crippen molar-refractivity contribution in [1.82, 2.24) is 4.72 Å². The largest absolute Gasteiger partial charge is 0.464 e. The van der Waals surface area contributed by atoms with Crippen LogP contribution in [-0.4, -0.2) is 21.0 Å². The molecule has 7 heteroatoms. The van der Waals surface area contributed by atoms with E-state index in [0.717, 1.165) is 0 Å². The quantitative estimate of drug-likeness (QED) is 0.644. The van der Waals surface area contributed by atoms with Crippen LogP contribution < -0.4 is 4.72 Å². The molecular weight excluding hydrogens is 352 g/mol. The Hall–Kier alpha value is -3.13. The van der Waals surface area contributed by atoms with Crippen LogP contribution in [0, 0.1) is 23.2 Å². The van der Waals surface area contributed by atoms with Gasteiger partial charge in [0.25, 0.3) is 0 Å². The first-order valence-corrected chi connectivity index (χ1v) is 9.25. The predicted octanol–water partition coefficient (Wildman–Crippen LogP) is 1.66. The van der Waals surface area contributed by atoms with Crippen molar-refractivity contribution in [2.24, 2.45) is 0 Å². The zero-order chi connectivity index (χ0) is 18.8. The maximum atomic E-state index is 12.6. The number of hydrogen-bond acceptors (Lipinski definition) is 5. The molecule has 0 saturated carbocycles. The number of rotatable bonds is 2. The molecule has 0 fully saturated rings. The normalized spacial score (nSPS) is 19.5.